The van der Waals surface area contributed by atoms with Crippen LogP contribution in [0.2, 0.25) is 0 Å². The maximum absolute atomic E-state index is 9.58. The maximum atomic E-state index is 9.58. The lowest BCUT2D eigenvalue weighted by atomic mass is 9.93. The Labute approximate surface area is 89.5 Å². The monoisotopic (exact) mass is 207 g/mol. The average molecular weight is 207 g/mol. The highest BCUT2D eigenvalue weighted by Crippen LogP contribution is 2.33. The molecule has 1 fully saturated rings. The SMILES string of the molecule is Cc1ccc(C2CC(O)C(O)C2N)cc1. The van der Waals surface area contributed by atoms with E-state index in [0.717, 1.165) is 5.56 Å². The molecule has 3 heteroatoms. The minimum atomic E-state index is -0.795. The third-order valence-corrected chi connectivity index (χ3v) is 3.25. The van der Waals surface area contributed by atoms with Crippen molar-refractivity contribution in [3.63, 3.8) is 0 Å². The lowest BCUT2D eigenvalue weighted by molar-refractivity contribution is 0.0363. The summed E-state index contributed by atoms with van der Waals surface area (Å²) in [5.74, 6) is 0.0654. The summed E-state index contributed by atoms with van der Waals surface area (Å²) in [5.41, 5.74) is 8.17. The van der Waals surface area contributed by atoms with Crippen LogP contribution in [0.3, 0.4) is 0 Å². The summed E-state index contributed by atoms with van der Waals surface area (Å²) in [6, 6.07) is 7.73. The van der Waals surface area contributed by atoms with Crippen LogP contribution < -0.4 is 5.73 Å². The molecule has 1 aromatic carbocycles. The molecule has 1 aliphatic carbocycles. The predicted molar refractivity (Wildman–Crippen MR) is 58.5 cm³/mol. The Kier molecular flexibility index (Phi) is 2.78. The Morgan fingerprint density at radius 3 is 2.27 bits per heavy atom. The van der Waals surface area contributed by atoms with Crippen molar-refractivity contribution < 1.29 is 10.2 Å². The number of aryl methyl sites for hydroxylation is 1. The van der Waals surface area contributed by atoms with Gasteiger partial charge in [0.2, 0.25) is 0 Å². The van der Waals surface area contributed by atoms with Crippen LogP contribution in [0.15, 0.2) is 24.3 Å². The predicted octanol–water partition coefficient (Wildman–Crippen LogP) is 0.531. The standard InChI is InChI=1S/C12H17NO2/c1-7-2-4-8(5-3-7)9-6-10(14)12(15)11(9)13/h2-5,9-12,14-15H,6,13H2,1H3. The molecule has 4 N–H and O–H groups in total. The second kappa shape index (κ2) is 3.93. The molecule has 0 radical (unpaired) electrons. The fourth-order valence-corrected chi connectivity index (χ4v) is 2.22. The van der Waals surface area contributed by atoms with Gasteiger partial charge in [-0.2, -0.15) is 0 Å². The number of hydrogen-bond acceptors (Lipinski definition) is 3. The van der Waals surface area contributed by atoms with Crippen molar-refractivity contribution in [1.82, 2.24) is 0 Å². The fraction of sp³-hybridized carbons (Fsp3) is 0.500. The van der Waals surface area contributed by atoms with Gasteiger partial charge in [-0.05, 0) is 18.9 Å². The highest BCUT2D eigenvalue weighted by molar-refractivity contribution is 5.27. The Balaban J connectivity index is 2.22. The van der Waals surface area contributed by atoms with Crippen LogP contribution in [0.25, 0.3) is 0 Å². The smallest absolute Gasteiger partial charge is 0.0955 e. The van der Waals surface area contributed by atoms with Gasteiger partial charge >= 0.3 is 0 Å². The van der Waals surface area contributed by atoms with E-state index < -0.39 is 12.2 Å². The molecule has 1 aliphatic rings. The van der Waals surface area contributed by atoms with Crippen molar-refractivity contribution in [2.75, 3.05) is 0 Å². The van der Waals surface area contributed by atoms with Crippen LogP contribution in [0.1, 0.15) is 23.5 Å². The Morgan fingerprint density at radius 1 is 1.20 bits per heavy atom. The third kappa shape index (κ3) is 1.91. The minimum Gasteiger partial charge on any atom is -0.390 e. The molecule has 1 aromatic rings. The molecule has 0 aliphatic heterocycles. The first kappa shape index (κ1) is 10.6. The van der Waals surface area contributed by atoms with E-state index in [1.807, 2.05) is 31.2 Å². The zero-order valence-electron chi connectivity index (χ0n) is 8.80. The Bertz CT molecular complexity index is 336. The molecule has 4 atom stereocenters. The van der Waals surface area contributed by atoms with E-state index >= 15 is 0 Å². The van der Waals surface area contributed by atoms with Crippen LogP contribution >= 0.6 is 0 Å². The van der Waals surface area contributed by atoms with E-state index in [4.69, 9.17) is 5.73 Å². The quantitative estimate of drug-likeness (QED) is 0.629. The molecule has 0 bridgehead atoms. The van der Waals surface area contributed by atoms with E-state index in [9.17, 15) is 10.2 Å². The molecule has 2 rings (SSSR count). The van der Waals surface area contributed by atoms with Gasteiger partial charge in [0.15, 0.2) is 0 Å². The average Bonchev–Trinajstić information content (AvgIpc) is 2.47. The molecule has 0 spiro atoms. The number of hydrogen-bond donors (Lipinski definition) is 3. The van der Waals surface area contributed by atoms with Gasteiger partial charge in [0, 0.05) is 12.0 Å². The number of benzene rings is 1. The van der Waals surface area contributed by atoms with Crippen LogP contribution in [0.5, 0.6) is 0 Å². The molecule has 1 saturated carbocycles. The van der Waals surface area contributed by atoms with Crippen molar-refractivity contribution in [3.05, 3.63) is 35.4 Å². The largest absolute Gasteiger partial charge is 0.390 e. The van der Waals surface area contributed by atoms with Gasteiger partial charge < -0.3 is 15.9 Å². The molecule has 0 heterocycles. The van der Waals surface area contributed by atoms with E-state index in [-0.39, 0.29) is 12.0 Å². The van der Waals surface area contributed by atoms with Crippen molar-refractivity contribution in [1.29, 1.82) is 0 Å². The summed E-state index contributed by atoms with van der Waals surface area (Å²) < 4.78 is 0. The number of nitrogens with two attached hydrogens (primary N) is 1. The van der Waals surface area contributed by atoms with Crippen molar-refractivity contribution in [2.45, 2.75) is 37.5 Å². The Morgan fingerprint density at radius 2 is 1.80 bits per heavy atom. The second-order valence-electron chi connectivity index (χ2n) is 4.39. The van der Waals surface area contributed by atoms with Gasteiger partial charge in [0.25, 0.3) is 0 Å². The van der Waals surface area contributed by atoms with Gasteiger partial charge in [0.1, 0.15) is 0 Å². The van der Waals surface area contributed by atoms with E-state index in [1.165, 1.54) is 5.56 Å². The van der Waals surface area contributed by atoms with Gasteiger partial charge in [-0.15, -0.1) is 0 Å². The van der Waals surface area contributed by atoms with E-state index in [0.29, 0.717) is 6.42 Å². The molecule has 15 heavy (non-hydrogen) atoms. The van der Waals surface area contributed by atoms with Gasteiger partial charge in [0.05, 0.1) is 12.2 Å². The second-order valence-corrected chi connectivity index (χ2v) is 4.39. The van der Waals surface area contributed by atoms with Crippen LogP contribution in [-0.2, 0) is 0 Å². The van der Waals surface area contributed by atoms with E-state index in [2.05, 4.69) is 0 Å². The van der Waals surface area contributed by atoms with Gasteiger partial charge in [-0.1, -0.05) is 29.8 Å². The Hall–Kier alpha value is -0.900. The molecule has 4 unspecified atom stereocenters. The lowest BCUT2D eigenvalue weighted by Crippen LogP contribution is -2.37. The maximum Gasteiger partial charge on any atom is 0.0955 e. The fourth-order valence-electron chi connectivity index (χ4n) is 2.22. The third-order valence-electron chi connectivity index (χ3n) is 3.25. The zero-order chi connectivity index (χ0) is 11.0. The molecule has 0 saturated heterocycles. The summed E-state index contributed by atoms with van der Waals surface area (Å²) in [4.78, 5) is 0. The summed E-state index contributed by atoms with van der Waals surface area (Å²) in [6.07, 6.45) is -0.937. The van der Waals surface area contributed by atoms with Crippen molar-refractivity contribution in [2.24, 2.45) is 5.73 Å². The molecular weight excluding hydrogens is 190 g/mol. The number of rotatable bonds is 1. The minimum absolute atomic E-state index is 0.0654. The normalized spacial score (nSPS) is 35.7. The first-order chi connectivity index (χ1) is 7.09. The van der Waals surface area contributed by atoms with Crippen LogP contribution in [0, 0.1) is 6.92 Å². The van der Waals surface area contributed by atoms with Crippen LogP contribution in [0.4, 0.5) is 0 Å². The first-order valence-corrected chi connectivity index (χ1v) is 5.28. The summed E-state index contributed by atoms with van der Waals surface area (Å²) in [6.45, 7) is 2.03. The number of aliphatic hydroxyl groups excluding tert-OH is 2. The first-order valence-electron chi connectivity index (χ1n) is 5.28. The lowest BCUT2D eigenvalue weighted by Gasteiger charge is -2.17. The zero-order valence-corrected chi connectivity index (χ0v) is 8.80. The van der Waals surface area contributed by atoms with Gasteiger partial charge in [-0.25, -0.2) is 0 Å². The summed E-state index contributed by atoms with van der Waals surface area (Å²) >= 11 is 0. The highest BCUT2D eigenvalue weighted by atomic mass is 16.3. The molecular formula is C12H17NO2. The highest BCUT2D eigenvalue weighted by Gasteiger charge is 2.39. The molecule has 0 amide bonds. The molecule has 0 aromatic heterocycles. The summed E-state index contributed by atoms with van der Waals surface area (Å²) in [5, 5.41) is 19.1. The van der Waals surface area contributed by atoms with Crippen LogP contribution in [-0.4, -0.2) is 28.5 Å². The molecule has 82 valence electrons. The molecule has 3 nitrogen and oxygen atoms in total. The van der Waals surface area contributed by atoms with Gasteiger partial charge in [-0.3, -0.25) is 0 Å². The summed E-state index contributed by atoms with van der Waals surface area (Å²) in [7, 11) is 0. The van der Waals surface area contributed by atoms with Crippen molar-refractivity contribution >= 4 is 0 Å². The topological polar surface area (TPSA) is 66.5 Å². The number of aliphatic hydroxyl groups is 2. The van der Waals surface area contributed by atoms with E-state index in [1.54, 1.807) is 0 Å². The van der Waals surface area contributed by atoms with Crippen molar-refractivity contribution in [3.8, 4) is 0 Å².